The Balaban J connectivity index is 1.75. The Morgan fingerprint density at radius 1 is 0.889 bits per heavy atom. The second-order valence-electron chi connectivity index (χ2n) is 6.13. The number of rotatable bonds is 4. The summed E-state index contributed by atoms with van der Waals surface area (Å²) in [6, 6.07) is 15.0. The molecule has 2 aromatic carbocycles. The fourth-order valence-corrected chi connectivity index (χ4v) is 2.91. The summed E-state index contributed by atoms with van der Waals surface area (Å²) in [4.78, 5) is 11.1. The highest BCUT2D eigenvalue weighted by Crippen LogP contribution is 2.27. The van der Waals surface area contributed by atoms with E-state index in [2.05, 4.69) is 15.3 Å². The zero-order chi connectivity index (χ0) is 18.6. The SMILES string of the molecule is Fc1cccc(F)c1Nc1cc(-c2ccccc2)nc(N2CCOCC2)n1. The third-order valence-corrected chi connectivity index (χ3v) is 4.29. The summed E-state index contributed by atoms with van der Waals surface area (Å²) in [5.74, 6) is -0.529. The number of ether oxygens (including phenoxy) is 1. The molecule has 138 valence electrons. The Morgan fingerprint density at radius 3 is 2.30 bits per heavy atom. The predicted molar refractivity (Wildman–Crippen MR) is 100 cm³/mol. The zero-order valence-corrected chi connectivity index (χ0v) is 14.5. The molecule has 0 atom stereocenters. The molecule has 3 aromatic rings. The van der Waals surface area contributed by atoms with Gasteiger partial charge in [-0.2, -0.15) is 4.98 Å². The van der Waals surface area contributed by atoms with Crippen molar-refractivity contribution in [3.8, 4) is 11.3 Å². The summed E-state index contributed by atoms with van der Waals surface area (Å²) in [7, 11) is 0. The zero-order valence-electron chi connectivity index (χ0n) is 14.5. The number of hydrogen-bond acceptors (Lipinski definition) is 5. The van der Waals surface area contributed by atoms with Crippen molar-refractivity contribution in [1.29, 1.82) is 0 Å². The second kappa shape index (κ2) is 7.67. The maximum Gasteiger partial charge on any atom is 0.228 e. The van der Waals surface area contributed by atoms with Crippen LogP contribution in [0.25, 0.3) is 11.3 Å². The Hall–Kier alpha value is -3.06. The number of para-hydroxylation sites is 1. The van der Waals surface area contributed by atoms with Gasteiger partial charge in [0, 0.05) is 24.7 Å². The molecule has 1 N–H and O–H groups in total. The van der Waals surface area contributed by atoms with Crippen LogP contribution < -0.4 is 10.2 Å². The lowest BCUT2D eigenvalue weighted by molar-refractivity contribution is 0.122. The normalized spacial score (nSPS) is 14.2. The van der Waals surface area contributed by atoms with Gasteiger partial charge in [0.2, 0.25) is 5.95 Å². The first kappa shape index (κ1) is 17.4. The van der Waals surface area contributed by atoms with Crippen molar-refractivity contribution >= 4 is 17.5 Å². The van der Waals surface area contributed by atoms with Crippen molar-refractivity contribution in [2.45, 2.75) is 0 Å². The van der Waals surface area contributed by atoms with E-state index in [-0.39, 0.29) is 5.69 Å². The average molecular weight is 368 g/mol. The molecule has 0 bridgehead atoms. The van der Waals surface area contributed by atoms with E-state index in [1.165, 1.54) is 18.2 Å². The minimum Gasteiger partial charge on any atom is -0.378 e. The Morgan fingerprint density at radius 2 is 1.59 bits per heavy atom. The third kappa shape index (κ3) is 3.88. The van der Waals surface area contributed by atoms with Gasteiger partial charge >= 0.3 is 0 Å². The minimum absolute atomic E-state index is 0.233. The number of nitrogens with one attached hydrogen (secondary N) is 1. The van der Waals surface area contributed by atoms with E-state index in [1.807, 2.05) is 35.2 Å². The van der Waals surface area contributed by atoms with Crippen LogP contribution in [0.5, 0.6) is 0 Å². The van der Waals surface area contributed by atoms with E-state index in [0.717, 1.165) is 5.56 Å². The molecule has 1 aliphatic heterocycles. The van der Waals surface area contributed by atoms with Crippen LogP contribution in [0.3, 0.4) is 0 Å². The largest absolute Gasteiger partial charge is 0.378 e. The summed E-state index contributed by atoms with van der Waals surface area (Å²) >= 11 is 0. The number of halogens is 2. The van der Waals surface area contributed by atoms with Crippen molar-refractivity contribution in [1.82, 2.24) is 9.97 Å². The highest BCUT2D eigenvalue weighted by atomic mass is 19.1. The van der Waals surface area contributed by atoms with Crippen LogP contribution in [-0.2, 0) is 4.74 Å². The number of morpholine rings is 1. The molecule has 0 amide bonds. The first-order valence-corrected chi connectivity index (χ1v) is 8.69. The molecule has 27 heavy (non-hydrogen) atoms. The van der Waals surface area contributed by atoms with Crippen LogP contribution in [0.1, 0.15) is 0 Å². The molecule has 0 spiro atoms. The predicted octanol–water partition coefficient (Wildman–Crippen LogP) is 4.00. The van der Waals surface area contributed by atoms with Gasteiger partial charge in [-0.15, -0.1) is 0 Å². The van der Waals surface area contributed by atoms with Gasteiger partial charge in [0.25, 0.3) is 0 Å². The number of nitrogens with zero attached hydrogens (tertiary/aromatic N) is 3. The third-order valence-electron chi connectivity index (χ3n) is 4.29. The minimum atomic E-state index is -0.678. The first-order valence-electron chi connectivity index (χ1n) is 8.69. The monoisotopic (exact) mass is 368 g/mol. The molecule has 0 saturated carbocycles. The van der Waals surface area contributed by atoms with Gasteiger partial charge in [-0.3, -0.25) is 0 Å². The van der Waals surface area contributed by atoms with Gasteiger partial charge in [-0.1, -0.05) is 36.4 Å². The van der Waals surface area contributed by atoms with Crippen LogP contribution in [0.15, 0.2) is 54.6 Å². The molecule has 1 fully saturated rings. The van der Waals surface area contributed by atoms with Crippen molar-refractivity contribution in [3.05, 3.63) is 66.2 Å². The topological polar surface area (TPSA) is 50.3 Å². The van der Waals surface area contributed by atoms with Gasteiger partial charge in [0.15, 0.2) is 0 Å². The molecule has 7 heteroatoms. The highest BCUT2D eigenvalue weighted by molar-refractivity contribution is 5.68. The van der Waals surface area contributed by atoms with Gasteiger partial charge < -0.3 is 15.0 Å². The maximum atomic E-state index is 14.0. The lowest BCUT2D eigenvalue weighted by atomic mass is 10.1. The summed E-state index contributed by atoms with van der Waals surface area (Å²) in [5, 5.41) is 2.77. The molecule has 1 aromatic heterocycles. The summed E-state index contributed by atoms with van der Waals surface area (Å²) in [5.41, 5.74) is 1.33. The molecule has 0 radical (unpaired) electrons. The Labute approximate surface area is 155 Å². The van der Waals surface area contributed by atoms with Gasteiger partial charge in [-0.25, -0.2) is 13.8 Å². The van der Waals surface area contributed by atoms with Crippen LogP contribution >= 0.6 is 0 Å². The number of benzene rings is 2. The Kier molecular flexibility index (Phi) is 4.93. The fourth-order valence-electron chi connectivity index (χ4n) is 2.91. The smallest absolute Gasteiger partial charge is 0.228 e. The molecule has 2 heterocycles. The fraction of sp³-hybridized carbons (Fsp3) is 0.200. The quantitative estimate of drug-likeness (QED) is 0.754. The van der Waals surface area contributed by atoms with Gasteiger partial charge in [-0.05, 0) is 12.1 Å². The molecule has 0 unspecified atom stereocenters. The second-order valence-corrected chi connectivity index (χ2v) is 6.13. The van der Waals surface area contributed by atoms with Crippen LogP contribution in [-0.4, -0.2) is 36.3 Å². The first-order chi connectivity index (χ1) is 13.2. The highest BCUT2D eigenvalue weighted by Gasteiger charge is 2.17. The van der Waals surface area contributed by atoms with E-state index in [0.29, 0.717) is 43.8 Å². The summed E-state index contributed by atoms with van der Waals surface area (Å²) in [6.45, 7) is 2.49. The average Bonchev–Trinajstić information content (AvgIpc) is 2.72. The van der Waals surface area contributed by atoms with Gasteiger partial charge in [0.1, 0.15) is 23.1 Å². The summed E-state index contributed by atoms with van der Waals surface area (Å²) < 4.78 is 33.5. The van der Waals surface area contributed by atoms with E-state index >= 15 is 0 Å². The summed E-state index contributed by atoms with van der Waals surface area (Å²) in [6.07, 6.45) is 0. The van der Waals surface area contributed by atoms with Crippen LogP contribution in [0.2, 0.25) is 0 Å². The molecule has 0 aliphatic carbocycles. The molecule has 4 rings (SSSR count). The molecular formula is C20H18F2N4O. The molecule has 1 saturated heterocycles. The van der Waals surface area contributed by atoms with Gasteiger partial charge in [0.05, 0.1) is 18.9 Å². The van der Waals surface area contributed by atoms with Crippen molar-refractivity contribution in [3.63, 3.8) is 0 Å². The molecule has 1 aliphatic rings. The van der Waals surface area contributed by atoms with Crippen LogP contribution in [0.4, 0.5) is 26.2 Å². The van der Waals surface area contributed by atoms with Crippen LogP contribution in [0, 0.1) is 11.6 Å². The molecule has 5 nitrogen and oxygen atoms in total. The molecular weight excluding hydrogens is 350 g/mol. The van der Waals surface area contributed by atoms with E-state index in [9.17, 15) is 8.78 Å². The van der Waals surface area contributed by atoms with E-state index in [1.54, 1.807) is 6.07 Å². The van der Waals surface area contributed by atoms with Crippen molar-refractivity contribution < 1.29 is 13.5 Å². The Bertz CT molecular complexity index is 910. The van der Waals surface area contributed by atoms with Crippen molar-refractivity contribution in [2.24, 2.45) is 0 Å². The lowest BCUT2D eigenvalue weighted by Gasteiger charge is -2.27. The lowest BCUT2D eigenvalue weighted by Crippen LogP contribution is -2.37. The standard InChI is InChI=1S/C20H18F2N4O/c21-15-7-4-8-16(22)19(15)24-18-13-17(14-5-2-1-3-6-14)23-20(25-18)26-9-11-27-12-10-26/h1-8,13H,9-12H2,(H,23,24,25). The maximum absolute atomic E-state index is 14.0. The van der Waals surface area contributed by atoms with E-state index < -0.39 is 11.6 Å². The number of hydrogen-bond donors (Lipinski definition) is 1. The van der Waals surface area contributed by atoms with Crippen molar-refractivity contribution in [2.75, 3.05) is 36.5 Å². The number of anilines is 3. The number of aromatic nitrogens is 2. The van der Waals surface area contributed by atoms with E-state index in [4.69, 9.17) is 4.74 Å².